The largest absolute Gasteiger partial charge is 0.471 e. The molecule has 1 aromatic rings. The zero-order valence-corrected chi connectivity index (χ0v) is 15.1. The SMILES string of the molecule is C=CC[C@@](C)(O[C@H](c1ccccc1)[C@@H](C)NC(=O)C(F)(F)F)C(C)C. The van der Waals surface area contributed by atoms with E-state index >= 15 is 0 Å². The molecule has 0 aliphatic carbocycles. The third-order valence-corrected chi connectivity index (χ3v) is 4.37. The van der Waals surface area contributed by atoms with Gasteiger partial charge >= 0.3 is 12.1 Å². The second-order valence-electron chi connectivity index (χ2n) is 6.67. The lowest BCUT2D eigenvalue weighted by atomic mass is 9.88. The van der Waals surface area contributed by atoms with Crippen molar-refractivity contribution in [2.24, 2.45) is 5.92 Å². The van der Waals surface area contributed by atoms with Crippen LogP contribution < -0.4 is 5.32 Å². The molecule has 6 heteroatoms. The molecule has 0 aliphatic heterocycles. The molecule has 25 heavy (non-hydrogen) atoms. The van der Waals surface area contributed by atoms with Crippen molar-refractivity contribution in [3.63, 3.8) is 0 Å². The van der Waals surface area contributed by atoms with Crippen LogP contribution in [0.2, 0.25) is 0 Å². The Bertz CT molecular complexity index is 572. The molecule has 0 unspecified atom stereocenters. The minimum Gasteiger partial charge on any atom is -0.365 e. The molecule has 1 amide bonds. The summed E-state index contributed by atoms with van der Waals surface area (Å²) in [6, 6.07) is 8.06. The van der Waals surface area contributed by atoms with Crippen molar-refractivity contribution in [2.45, 2.75) is 58.0 Å². The number of hydrogen-bond donors (Lipinski definition) is 1. The number of alkyl halides is 3. The fourth-order valence-electron chi connectivity index (χ4n) is 2.46. The molecular formula is C19H26F3NO2. The summed E-state index contributed by atoms with van der Waals surface area (Å²) in [5.74, 6) is -1.87. The first-order valence-electron chi connectivity index (χ1n) is 8.22. The summed E-state index contributed by atoms with van der Waals surface area (Å²) in [5.41, 5.74) is 0.0767. The molecular weight excluding hydrogens is 331 g/mol. The van der Waals surface area contributed by atoms with Gasteiger partial charge in [0.2, 0.25) is 0 Å². The van der Waals surface area contributed by atoms with Crippen LogP contribution in [-0.2, 0) is 9.53 Å². The highest BCUT2D eigenvalue weighted by atomic mass is 19.4. The average molecular weight is 357 g/mol. The molecule has 0 spiro atoms. The van der Waals surface area contributed by atoms with Crippen LogP contribution in [0.5, 0.6) is 0 Å². The van der Waals surface area contributed by atoms with E-state index in [0.717, 1.165) is 0 Å². The van der Waals surface area contributed by atoms with Gasteiger partial charge in [-0.3, -0.25) is 4.79 Å². The highest BCUT2D eigenvalue weighted by Crippen LogP contribution is 2.34. The molecule has 0 saturated carbocycles. The fraction of sp³-hybridized carbons (Fsp3) is 0.526. The second-order valence-corrected chi connectivity index (χ2v) is 6.67. The second kappa shape index (κ2) is 8.52. The molecule has 0 radical (unpaired) electrons. The van der Waals surface area contributed by atoms with Gasteiger partial charge in [0.25, 0.3) is 0 Å². The van der Waals surface area contributed by atoms with E-state index in [2.05, 4.69) is 6.58 Å². The minimum absolute atomic E-state index is 0.0993. The monoisotopic (exact) mass is 357 g/mol. The third kappa shape index (κ3) is 5.88. The maximum atomic E-state index is 12.6. The first kappa shape index (κ1) is 21.2. The maximum absolute atomic E-state index is 12.6. The van der Waals surface area contributed by atoms with Crippen molar-refractivity contribution >= 4 is 5.91 Å². The highest BCUT2D eigenvalue weighted by Gasteiger charge is 2.41. The van der Waals surface area contributed by atoms with Crippen LogP contribution in [0.25, 0.3) is 0 Å². The zero-order valence-electron chi connectivity index (χ0n) is 15.1. The van der Waals surface area contributed by atoms with E-state index in [4.69, 9.17) is 4.74 Å². The summed E-state index contributed by atoms with van der Waals surface area (Å²) >= 11 is 0. The molecule has 0 fully saturated rings. The van der Waals surface area contributed by atoms with Gasteiger partial charge in [-0.05, 0) is 31.7 Å². The van der Waals surface area contributed by atoms with Crippen LogP contribution in [0, 0.1) is 5.92 Å². The molecule has 0 aliphatic rings. The van der Waals surface area contributed by atoms with Crippen molar-refractivity contribution in [3.8, 4) is 0 Å². The Hall–Kier alpha value is -1.82. The smallest absolute Gasteiger partial charge is 0.365 e. The number of nitrogens with one attached hydrogen (secondary N) is 1. The van der Waals surface area contributed by atoms with Gasteiger partial charge in [-0.1, -0.05) is 50.3 Å². The summed E-state index contributed by atoms with van der Waals surface area (Å²) in [6.45, 7) is 11.1. The van der Waals surface area contributed by atoms with Crippen LogP contribution in [0.4, 0.5) is 13.2 Å². The topological polar surface area (TPSA) is 38.3 Å². The standard InChI is InChI=1S/C19H26F3NO2/c1-6-12-18(5,13(2)3)25-16(15-10-8-7-9-11-15)14(4)23-17(24)19(20,21)22/h6-11,13-14,16H,1,12H2,2-5H3,(H,23,24)/t14-,16+,18-/m1/s1. The zero-order chi connectivity index (χ0) is 19.3. The van der Waals surface area contributed by atoms with Crippen LogP contribution in [-0.4, -0.2) is 23.7 Å². The quantitative estimate of drug-likeness (QED) is 0.679. The van der Waals surface area contributed by atoms with E-state index in [1.54, 1.807) is 30.3 Å². The summed E-state index contributed by atoms with van der Waals surface area (Å²) < 4.78 is 44.0. The molecule has 140 valence electrons. The summed E-state index contributed by atoms with van der Waals surface area (Å²) in [6.07, 6.45) is -3.40. The highest BCUT2D eigenvalue weighted by molar-refractivity contribution is 5.82. The first-order valence-corrected chi connectivity index (χ1v) is 8.22. The number of carbonyl (C=O) groups is 1. The Morgan fingerprint density at radius 2 is 1.80 bits per heavy atom. The molecule has 3 atom stereocenters. The third-order valence-electron chi connectivity index (χ3n) is 4.37. The lowest BCUT2D eigenvalue weighted by molar-refractivity contribution is -0.177. The number of ether oxygens (including phenoxy) is 1. The molecule has 0 heterocycles. The van der Waals surface area contributed by atoms with E-state index in [1.807, 2.05) is 32.2 Å². The van der Waals surface area contributed by atoms with Gasteiger partial charge in [-0.2, -0.15) is 13.2 Å². The summed E-state index contributed by atoms with van der Waals surface area (Å²) in [4.78, 5) is 11.3. The average Bonchev–Trinajstić information content (AvgIpc) is 2.52. The van der Waals surface area contributed by atoms with Gasteiger partial charge in [-0.15, -0.1) is 6.58 Å². The fourth-order valence-corrected chi connectivity index (χ4v) is 2.46. The molecule has 0 aromatic heterocycles. The Morgan fingerprint density at radius 1 is 1.24 bits per heavy atom. The van der Waals surface area contributed by atoms with E-state index in [1.165, 1.54) is 6.92 Å². The van der Waals surface area contributed by atoms with E-state index < -0.39 is 29.8 Å². The van der Waals surface area contributed by atoms with Gasteiger partial charge in [-0.25, -0.2) is 0 Å². The first-order chi connectivity index (χ1) is 11.5. The van der Waals surface area contributed by atoms with Crippen LogP contribution in [0.15, 0.2) is 43.0 Å². The molecule has 1 aromatic carbocycles. The number of amides is 1. The summed E-state index contributed by atoms with van der Waals surface area (Å²) in [5, 5.41) is 2.01. The molecule has 3 nitrogen and oxygen atoms in total. The lowest BCUT2D eigenvalue weighted by Gasteiger charge is -2.39. The Balaban J connectivity index is 3.13. The molecule has 1 rings (SSSR count). The Kier molecular flexibility index (Phi) is 7.23. The predicted molar refractivity (Wildman–Crippen MR) is 92.0 cm³/mol. The number of halogens is 3. The number of carbonyl (C=O) groups excluding carboxylic acids is 1. The Morgan fingerprint density at radius 3 is 2.24 bits per heavy atom. The van der Waals surface area contributed by atoms with Crippen LogP contribution >= 0.6 is 0 Å². The van der Waals surface area contributed by atoms with Crippen molar-refractivity contribution in [2.75, 3.05) is 0 Å². The molecule has 1 N–H and O–H groups in total. The summed E-state index contributed by atoms with van der Waals surface area (Å²) in [7, 11) is 0. The van der Waals surface area contributed by atoms with Crippen LogP contribution in [0.1, 0.15) is 45.8 Å². The van der Waals surface area contributed by atoms with E-state index in [0.29, 0.717) is 12.0 Å². The number of benzene rings is 1. The number of rotatable bonds is 8. The van der Waals surface area contributed by atoms with Gasteiger partial charge in [0.1, 0.15) is 6.10 Å². The van der Waals surface area contributed by atoms with Crippen molar-refractivity contribution in [1.82, 2.24) is 5.32 Å². The van der Waals surface area contributed by atoms with Gasteiger partial charge < -0.3 is 10.1 Å². The van der Waals surface area contributed by atoms with Crippen LogP contribution in [0.3, 0.4) is 0 Å². The lowest BCUT2D eigenvalue weighted by Crippen LogP contribution is -2.47. The van der Waals surface area contributed by atoms with Gasteiger partial charge in [0, 0.05) is 0 Å². The van der Waals surface area contributed by atoms with E-state index in [9.17, 15) is 18.0 Å². The molecule has 0 bridgehead atoms. The van der Waals surface area contributed by atoms with Gasteiger partial charge in [0.15, 0.2) is 0 Å². The minimum atomic E-state index is -4.93. The maximum Gasteiger partial charge on any atom is 0.471 e. The van der Waals surface area contributed by atoms with Crippen molar-refractivity contribution < 1.29 is 22.7 Å². The van der Waals surface area contributed by atoms with Crippen molar-refractivity contribution in [3.05, 3.63) is 48.6 Å². The van der Waals surface area contributed by atoms with E-state index in [-0.39, 0.29) is 5.92 Å². The Labute approximate surface area is 147 Å². The van der Waals surface area contributed by atoms with Crippen molar-refractivity contribution in [1.29, 1.82) is 0 Å². The van der Waals surface area contributed by atoms with Gasteiger partial charge in [0.05, 0.1) is 11.6 Å². The predicted octanol–water partition coefficient (Wildman–Crippen LogP) is 4.80. The normalized spacial score (nSPS) is 16.8. The molecule has 0 saturated heterocycles. The number of hydrogen-bond acceptors (Lipinski definition) is 2.